The summed E-state index contributed by atoms with van der Waals surface area (Å²) in [4.78, 5) is 10.9. The predicted octanol–water partition coefficient (Wildman–Crippen LogP) is 3.76. The van der Waals surface area contributed by atoms with E-state index in [0.717, 1.165) is 25.7 Å². The number of ether oxygens (including phenoxy) is 1. The minimum atomic E-state index is -0.204. The Bertz CT molecular complexity index is 277. The van der Waals surface area contributed by atoms with Gasteiger partial charge in [0.05, 0.1) is 0 Å². The van der Waals surface area contributed by atoms with E-state index in [0.29, 0.717) is 0 Å². The van der Waals surface area contributed by atoms with Crippen molar-refractivity contribution in [3.63, 3.8) is 0 Å². The van der Waals surface area contributed by atoms with Crippen LogP contribution in [0.4, 0.5) is 0 Å². The van der Waals surface area contributed by atoms with E-state index in [1.807, 2.05) is 6.08 Å². The van der Waals surface area contributed by atoms with Crippen LogP contribution in [0.5, 0.6) is 0 Å². The average molecular weight is 222 g/mol. The van der Waals surface area contributed by atoms with E-state index in [1.54, 1.807) is 0 Å². The zero-order valence-corrected chi connectivity index (χ0v) is 10.4. The van der Waals surface area contributed by atoms with Gasteiger partial charge in [-0.3, -0.25) is 4.79 Å². The molecule has 1 unspecified atom stereocenters. The molecule has 0 saturated heterocycles. The van der Waals surface area contributed by atoms with Gasteiger partial charge in [0.1, 0.15) is 6.10 Å². The summed E-state index contributed by atoms with van der Waals surface area (Å²) in [5.41, 5.74) is 4.71. The molecule has 1 saturated carbocycles. The summed E-state index contributed by atoms with van der Waals surface area (Å²) >= 11 is 0. The maximum absolute atomic E-state index is 10.9. The van der Waals surface area contributed by atoms with Gasteiger partial charge >= 0.3 is 5.97 Å². The van der Waals surface area contributed by atoms with Crippen LogP contribution in [-0.4, -0.2) is 12.1 Å². The highest BCUT2D eigenvalue weighted by Crippen LogP contribution is 2.21. The quantitative estimate of drug-likeness (QED) is 0.534. The molecular weight excluding hydrogens is 200 g/mol. The standard InChI is InChI=1S/C14H22O2/c1-3-7-14(16-12(2)15)11-10-13-8-5-4-6-9-13/h11,14H,3-9H2,1-2H3. The van der Waals surface area contributed by atoms with Crippen molar-refractivity contribution >= 4 is 5.97 Å². The van der Waals surface area contributed by atoms with Crippen molar-refractivity contribution in [2.45, 2.75) is 64.9 Å². The van der Waals surface area contributed by atoms with E-state index >= 15 is 0 Å². The molecule has 0 amide bonds. The molecule has 0 radical (unpaired) electrons. The summed E-state index contributed by atoms with van der Waals surface area (Å²) in [6, 6.07) is 0. The van der Waals surface area contributed by atoms with E-state index in [-0.39, 0.29) is 12.1 Å². The Kier molecular flexibility index (Phi) is 5.95. The maximum atomic E-state index is 10.9. The Morgan fingerprint density at radius 2 is 2.12 bits per heavy atom. The lowest BCUT2D eigenvalue weighted by molar-refractivity contribution is -0.144. The molecule has 1 aliphatic carbocycles. The molecule has 0 aromatic carbocycles. The highest BCUT2D eigenvalue weighted by atomic mass is 16.5. The Balaban J connectivity index is 2.57. The minimum absolute atomic E-state index is 0.0862. The van der Waals surface area contributed by atoms with Crippen molar-refractivity contribution in [3.8, 4) is 0 Å². The minimum Gasteiger partial charge on any atom is -0.458 e. The molecule has 0 N–H and O–H groups in total. The average Bonchev–Trinajstić information content (AvgIpc) is 2.27. The first-order chi connectivity index (χ1) is 7.72. The van der Waals surface area contributed by atoms with Crippen molar-refractivity contribution in [2.75, 3.05) is 0 Å². The molecule has 2 heteroatoms. The molecule has 0 aromatic rings. The predicted molar refractivity (Wildman–Crippen MR) is 65.1 cm³/mol. The van der Waals surface area contributed by atoms with Gasteiger partial charge in [-0.05, 0) is 43.8 Å². The summed E-state index contributed by atoms with van der Waals surface area (Å²) in [6.45, 7) is 3.56. The molecule has 1 atom stereocenters. The lowest BCUT2D eigenvalue weighted by atomic mass is 9.95. The molecule has 1 fully saturated rings. The number of esters is 1. The molecule has 2 nitrogen and oxygen atoms in total. The van der Waals surface area contributed by atoms with Crippen molar-refractivity contribution in [3.05, 3.63) is 17.4 Å². The fourth-order valence-electron chi connectivity index (χ4n) is 2.01. The second-order valence-electron chi connectivity index (χ2n) is 4.41. The van der Waals surface area contributed by atoms with Gasteiger partial charge in [-0.2, -0.15) is 0 Å². The summed E-state index contributed by atoms with van der Waals surface area (Å²) < 4.78 is 5.21. The highest BCUT2D eigenvalue weighted by Gasteiger charge is 2.07. The lowest BCUT2D eigenvalue weighted by Crippen LogP contribution is -2.12. The van der Waals surface area contributed by atoms with Gasteiger partial charge in [0, 0.05) is 6.92 Å². The molecule has 0 bridgehead atoms. The van der Waals surface area contributed by atoms with Crippen LogP contribution in [0.15, 0.2) is 17.4 Å². The molecule has 1 rings (SSSR count). The van der Waals surface area contributed by atoms with Gasteiger partial charge in [-0.1, -0.05) is 19.8 Å². The third-order valence-electron chi connectivity index (χ3n) is 2.82. The Labute approximate surface area is 98.4 Å². The zero-order valence-electron chi connectivity index (χ0n) is 10.4. The van der Waals surface area contributed by atoms with Gasteiger partial charge in [0.25, 0.3) is 0 Å². The topological polar surface area (TPSA) is 26.3 Å². The van der Waals surface area contributed by atoms with Gasteiger partial charge in [0.2, 0.25) is 0 Å². The largest absolute Gasteiger partial charge is 0.458 e. The van der Waals surface area contributed by atoms with Gasteiger partial charge in [-0.25, -0.2) is 0 Å². The van der Waals surface area contributed by atoms with E-state index in [1.165, 1.54) is 31.8 Å². The van der Waals surface area contributed by atoms with Crippen LogP contribution in [0.25, 0.3) is 0 Å². The van der Waals surface area contributed by atoms with E-state index in [9.17, 15) is 4.79 Å². The lowest BCUT2D eigenvalue weighted by Gasteiger charge is -2.12. The smallest absolute Gasteiger partial charge is 0.303 e. The van der Waals surface area contributed by atoms with Gasteiger partial charge < -0.3 is 4.74 Å². The number of hydrogen-bond donors (Lipinski definition) is 0. The maximum Gasteiger partial charge on any atom is 0.303 e. The SMILES string of the molecule is CCCC(C=C=C1CCCCC1)OC(C)=O. The Morgan fingerprint density at radius 3 is 2.69 bits per heavy atom. The molecule has 0 aliphatic heterocycles. The van der Waals surface area contributed by atoms with E-state index in [4.69, 9.17) is 4.74 Å². The Morgan fingerprint density at radius 1 is 1.44 bits per heavy atom. The molecule has 0 spiro atoms. The molecule has 16 heavy (non-hydrogen) atoms. The first kappa shape index (κ1) is 13.1. The van der Waals surface area contributed by atoms with Gasteiger partial charge in [0.15, 0.2) is 0 Å². The van der Waals surface area contributed by atoms with Crippen LogP contribution in [0.1, 0.15) is 58.8 Å². The Hall–Kier alpha value is -1.01. The van der Waals surface area contributed by atoms with Crippen LogP contribution in [-0.2, 0) is 9.53 Å². The summed E-state index contributed by atoms with van der Waals surface area (Å²) in [5, 5.41) is 0. The molecule has 0 aromatic heterocycles. The molecule has 90 valence electrons. The van der Waals surface area contributed by atoms with Crippen molar-refractivity contribution < 1.29 is 9.53 Å². The third-order valence-corrected chi connectivity index (χ3v) is 2.82. The van der Waals surface area contributed by atoms with Crippen molar-refractivity contribution in [2.24, 2.45) is 0 Å². The molecular formula is C14H22O2. The summed E-state index contributed by atoms with van der Waals surface area (Å²) in [5.74, 6) is -0.204. The zero-order chi connectivity index (χ0) is 11.8. The fraction of sp³-hybridized carbons (Fsp3) is 0.714. The first-order valence-electron chi connectivity index (χ1n) is 6.34. The normalized spacial score (nSPS) is 17.5. The number of carbonyl (C=O) groups is 1. The van der Waals surface area contributed by atoms with E-state index in [2.05, 4.69) is 12.7 Å². The van der Waals surface area contributed by atoms with Crippen molar-refractivity contribution in [1.82, 2.24) is 0 Å². The number of hydrogen-bond acceptors (Lipinski definition) is 2. The highest BCUT2D eigenvalue weighted by molar-refractivity contribution is 5.66. The van der Waals surface area contributed by atoms with Crippen LogP contribution in [0.2, 0.25) is 0 Å². The fourth-order valence-corrected chi connectivity index (χ4v) is 2.01. The molecule has 0 heterocycles. The first-order valence-corrected chi connectivity index (χ1v) is 6.34. The van der Waals surface area contributed by atoms with Crippen LogP contribution in [0.3, 0.4) is 0 Å². The second kappa shape index (κ2) is 7.29. The number of rotatable bonds is 4. The summed E-state index contributed by atoms with van der Waals surface area (Å²) in [7, 11) is 0. The number of carbonyl (C=O) groups excluding carboxylic acids is 1. The van der Waals surface area contributed by atoms with Crippen LogP contribution >= 0.6 is 0 Å². The van der Waals surface area contributed by atoms with E-state index < -0.39 is 0 Å². The van der Waals surface area contributed by atoms with Gasteiger partial charge in [-0.15, -0.1) is 5.73 Å². The van der Waals surface area contributed by atoms with Crippen LogP contribution < -0.4 is 0 Å². The second-order valence-corrected chi connectivity index (χ2v) is 4.41. The third kappa shape index (κ3) is 5.18. The monoisotopic (exact) mass is 222 g/mol. The van der Waals surface area contributed by atoms with Crippen LogP contribution in [0, 0.1) is 0 Å². The summed E-state index contributed by atoms with van der Waals surface area (Å²) in [6.07, 6.45) is 9.98. The van der Waals surface area contributed by atoms with Crippen molar-refractivity contribution in [1.29, 1.82) is 0 Å². The molecule has 1 aliphatic rings.